The van der Waals surface area contributed by atoms with E-state index < -0.39 is 11.8 Å². The summed E-state index contributed by atoms with van der Waals surface area (Å²) in [6.45, 7) is 0. The molecule has 0 fully saturated rings. The van der Waals surface area contributed by atoms with Crippen molar-refractivity contribution in [2.24, 2.45) is 0 Å². The third kappa shape index (κ3) is 3.51. The van der Waals surface area contributed by atoms with Crippen LogP contribution in [0, 0.1) is 5.82 Å². The zero-order valence-electron chi connectivity index (χ0n) is 9.81. The molecule has 2 rings (SSSR count). The zero-order chi connectivity index (χ0) is 13.8. The molecule has 0 aliphatic heterocycles. The summed E-state index contributed by atoms with van der Waals surface area (Å²) in [5.74, 6) is -1.44. The van der Waals surface area contributed by atoms with E-state index >= 15 is 0 Å². The maximum absolute atomic E-state index is 12.9. The Morgan fingerprint density at radius 2 is 1.63 bits per heavy atom. The number of halogens is 2. The number of carbonyl (C=O) groups is 1. The van der Waals surface area contributed by atoms with Gasteiger partial charge in [0, 0.05) is 4.47 Å². The average Bonchev–Trinajstić information content (AvgIpc) is 2.39. The minimum atomic E-state index is -1.05. The van der Waals surface area contributed by atoms with Crippen molar-refractivity contribution in [1.82, 2.24) is 0 Å². The zero-order valence-corrected chi connectivity index (χ0v) is 11.4. The van der Waals surface area contributed by atoms with Crippen LogP contribution in [0.15, 0.2) is 53.0 Å². The van der Waals surface area contributed by atoms with Gasteiger partial charge in [-0.05, 0) is 41.5 Å². The van der Waals surface area contributed by atoms with Gasteiger partial charge in [-0.1, -0.05) is 40.2 Å². The van der Waals surface area contributed by atoms with Gasteiger partial charge in [0.15, 0.2) is 0 Å². The van der Waals surface area contributed by atoms with E-state index in [-0.39, 0.29) is 5.57 Å². The molecule has 0 amide bonds. The van der Waals surface area contributed by atoms with Crippen molar-refractivity contribution in [2.75, 3.05) is 0 Å². The van der Waals surface area contributed by atoms with Gasteiger partial charge in [0.2, 0.25) is 0 Å². The second kappa shape index (κ2) is 5.80. The van der Waals surface area contributed by atoms with E-state index in [1.54, 1.807) is 18.2 Å². The Kier molecular flexibility index (Phi) is 4.12. The summed E-state index contributed by atoms with van der Waals surface area (Å²) in [7, 11) is 0. The van der Waals surface area contributed by atoms with E-state index in [0.29, 0.717) is 5.56 Å². The lowest BCUT2D eigenvalue weighted by Gasteiger charge is -2.03. The van der Waals surface area contributed by atoms with Crippen molar-refractivity contribution in [3.8, 4) is 0 Å². The van der Waals surface area contributed by atoms with Crippen molar-refractivity contribution in [1.29, 1.82) is 0 Å². The molecule has 19 heavy (non-hydrogen) atoms. The Morgan fingerprint density at radius 3 is 2.16 bits per heavy atom. The van der Waals surface area contributed by atoms with Crippen LogP contribution in [0.4, 0.5) is 4.39 Å². The van der Waals surface area contributed by atoms with Gasteiger partial charge in [0.05, 0.1) is 5.57 Å². The predicted octanol–water partition coefficient (Wildman–Crippen LogP) is 4.21. The Labute approximate surface area is 118 Å². The van der Waals surface area contributed by atoms with Crippen LogP contribution < -0.4 is 0 Å². The fourth-order valence-corrected chi connectivity index (χ4v) is 1.89. The van der Waals surface area contributed by atoms with E-state index in [0.717, 1.165) is 10.0 Å². The third-order valence-electron chi connectivity index (χ3n) is 2.57. The molecule has 4 heteroatoms. The van der Waals surface area contributed by atoms with Crippen molar-refractivity contribution in [3.05, 3.63) is 69.9 Å². The summed E-state index contributed by atoms with van der Waals surface area (Å²) < 4.78 is 13.8. The summed E-state index contributed by atoms with van der Waals surface area (Å²) >= 11 is 3.31. The second-order valence-corrected chi connectivity index (χ2v) is 4.84. The summed E-state index contributed by atoms with van der Waals surface area (Å²) in [5, 5.41) is 9.24. The van der Waals surface area contributed by atoms with E-state index in [4.69, 9.17) is 0 Å². The van der Waals surface area contributed by atoms with Crippen LogP contribution in [-0.4, -0.2) is 11.1 Å². The van der Waals surface area contributed by atoms with Crippen LogP contribution >= 0.6 is 15.9 Å². The van der Waals surface area contributed by atoms with Crippen LogP contribution in [0.25, 0.3) is 11.6 Å². The first-order chi connectivity index (χ1) is 9.06. The van der Waals surface area contributed by atoms with Gasteiger partial charge in [0.25, 0.3) is 0 Å². The molecule has 0 saturated carbocycles. The van der Waals surface area contributed by atoms with Gasteiger partial charge >= 0.3 is 5.97 Å². The normalized spacial score (nSPS) is 11.4. The lowest BCUT2D eigenvalue weighted by Crippen LogP contribution is -1.99. The second-order valence-electron chi connectivity index (χ2n) is 3.92. The topological polar surface area (TPSA) is 37.3 Å². The lowest BCUT2D eigenvalue weighted by molar-refractivity contribution is -0.130. The standard InChI is InChI=1S/C15H10BrFO2/c16-12-5-1-10(2-6-12)9-14(15(18)19)11-3-7-13(17)8-4-11/h1-9H,(H,18,19)/b14-9-. The first-order valence-corrected chi connectivity index (χ1v) is 6.32. The molecule has 2 aromatic rings. The SMILES string of the molecule is O=C(O)/C(=C\c1ccc(Br)cc1)c1ccc(F)cc1. The number of carboxylic acids is 1. The average molecular weight is 321 g/mol. The molecule has 2 aromatic carbocycles. The molecular formula is C15H10BrFO2. The first kappa shape index (κ1) is 13.5. The Balaban J connectivity index is 2.43. The smallest absolute Gasteiger partial charge is 0.336 e. The number of benzene rings is 2. The minimum Gasteiger partial charge on any atom is -0.478 e. The van der Waals surface area contributed by atoms with Gasteiger partial charge in [-0.2, -0.15) is 0 Å². The number of hydrogen-bond acceptors (Lipinski definition) is 1. The summed E-state index contributed by atoms with van der Waals surface area (Å²) in [6.07, 6.45) is 1.56. The molecule has 0 aliphatic rings. The van der Waals surface area contributed by atoms with E-state index in [9.17, 15) is 14.3 Å². The van der Waals surface area contributed by atoms with Crippen LogP contribution in [0.3, 0.4) is 0 Å². The fourth-order valence-electron chi connectivity index (χ4n) is 1.62. The molecule has 0 aliphatic carbocycles. The van der Waals surface area contributed by atoms with Gasteiger partial charge in [-0.3, -0.25) is 0 Å². The number of carboxylic acid groups (broad SMARTS) is 1. The van der Waals surface area contributed by atoms with Gasteiger partial charge in [-0.25, -0.2) is 9.18 Å². The van der Waals surface area contributed by atoms with E-state index in [2.05, 4.69) is 15.9 Å². The fraction of sp³-hybridized carbons (Fsp3) is 0. The molecule has 0 radical (unpaired) electrons. The molecule has 2 nitrogen and oxygen atoms in total. The molecule has 96 valence electrons. The lowest BCUT2D eigenvalue weighted by atomic mass is 10.0. The summed E-state index contributed by atoms with van der Waals surface area (Å²) in [5.41, 5.74) is 1.36. The number of aliphatic carboxylic acids is 1. The van der Waals surface area contributed by atoms with Gasteiger partial charge in [0.1, 0.15) is 5.82 Å². The van der Waals surface area contributed by atoms with Crippen molar-refractivity contribution < 1.29 is 14.3 Å². The number of rotatable bonds is 3. The minimum absolute atomic E-state index is 0.127. The Hall–Kier alpha value is -1.94. The third-order valence-corrected chi connectivity index (χ3v) is 3.10. The summed E-state index contributed by atoms with van der Waals surface area (Å²) in [4.78, 5) is 11.3. The first-order valence-electron chi connectivity index (χ1n) is 5.53. The molecule has 0 bridgehead atoms. The van der Waals surface area contributed by atoms with Crippen molar-refractivity contribution in [2.45, 2.75) is 0 Å². The van der Waals surface area contributed by atoms with Crippen LogP contribution in [0.1, 0.15) is 11.1 Å². The van der Waals surface area contributed by atoms with E-state index in [1.807, 2.05) is 12.1 Å². The highest BCUT2D eigenvalue weighted by Crippen LogP contribution is 2.20. The molecule has 0 spiro atoms. The molecule has 0 heterocycles. The molecular weight excluding hydrogens is 311 g/mol. The van der Waals surface area contributed by atoms with Gasteiger partial charge < -0.3 is 5.11 Å². The molecule has 0 atom stereocenters. The highest BCUT2D eigenvalue weighted by Gasteiger charge is 2.10. The Bertz CT molecular complexity index is 616. The molecule has 0 saturated heterocycles. The predicted molar refractivity (Wildman–Crippen MR) is 76.0 cm³/mol. The van der Waals surface area contributed by atoms with Crippen LogP contribution in [0.2, 0.25) is 0 Å². The van der Waals surface area contributed by atoms with Crippen LogP contribution in [-0.2, 0) is 4.79 Å². The maximum atomic E-state index is 12.9. The maximum Gasteiger partial charge on any atom is 0.336 e. The molecule has 0 unspecified atom stereocenters. The highest BCUT2D eigenvalue weighted by molar-refractivity contribution is 9.10. The van der Waals surface area contributed by atoms with Gasteiger partial charge in [-0.15, -0.1) is 0 Å². The highest BCUT2D eigenvalue weighted by atomic mass is 79.9. The van der Waals surface area contributed by atoms with Crippen molar-refractivity contribution in [3.63, 3.8) is 0 Å². The van der Waals surface area contributed by atoms with Crippen LogP contribution in [0.5, 0.6) is 0 Å². The summed E-state index contributed by atoms with van der Waals surface area (Å²) in [6, 6.07) is 12.7. The Morgan fingerprint density at radius 1 is 1.05 bits per heavy atom. The molecule has 0 aromatic heterocycles. The van der Waals surface area contributed by atoms with Crippen molar-refractivity contribution >= 4 is 33.5 Å². The molecule has 1 N–H and O–H groups in total. The monoisotopic (exact) mass is 320 g/mol. The largest absolute Gasteiger partial charge is 0.478 e. The quantitative estimate of drug-likeness (QED) is 0.679. The number of hydrogen-bond donors (Lipinski definition) is 1. The van der Waals surface area contributed by atoms with E-state index in [1.165, 1.54) is 24.3 Å².